The lowest BCUT2D eigenvalue weighted by Crippen LogP contribution is -2.37. The first-order valence-electron chi connectivity index (χ1n) is 28.3. The zero-order chi connectivity index (χ0) is 62.9. The van der Waals surface area contributed by atoms with E-state index >= 15 is 0 Å². The molecule has 8 aromatic heterocycles. The molecule has 4 aliphatic rings. The van der Waals surface area contributed by atoms with Crippen LogP contribution in [-0.4, -0.2) is 107 Å². The van der Waals surface area contributed by atoms with Crippen LogP contribution in [0.15, 0.2) is 147 Å². The first kappa shape index (κ1) is 57.0. The number of hydrogen-bond donors (Lipinski definition) is 8. The van der Waals surface area contributed by atoms with Crippen molar-refractivity contribution in [1.82, 2.24) is 59.8 Å². The molecule has 16 rings (SSSR count). The molecule has 90 heavy (non-hydrogen) atoms. The summed E-state index contributed by atoms with van der Waals surface area (Å²) < 4.78 is 0. The maximum absolute atomic E-state index is 12.2. The number of amides is 4. The summed E-state index contributed by atoms with van der Waals surface area (Å²) in [7, 11) is 0. The average molecular weight is 1200 g/mol. The van der Waals surface area contributed by atoms with Crippen LogP contribution in [0.2, 0.25) is 0 Å². The highest BCUT2D eigenvalue weighted by atomic mass is 16.2. The summed E-state index contributed by atoms with van der Waals surface area (Å²) in [5, 5.41) is 11.1. The highest BCUT2D eigenvalue weighted by Gasteiger charge is 2.48. The molecule has 4 amide bonds. The summed E-state index contributed by atoms with van der Waals surface area (Å²) in [6.07, 6.45) is 13.7. The Labute approximate surface area is 509 Å². The van der Waals surface area contributed by atoms with Crippen molar-refractivity contribution in [2.45, 2.75) is 64.2 Å². The van der Waals surface area contributed by atoms with E-state index in [1.165, 1.54) is 27.7 Å². The minimum absolute atomic E-state index is 0.166. The summed E-state index contributed by atoms with van der Waals surface area (Å²) in [5.74, 6) is -0.445. The number of carbonyl (C=O) groups excluding carboxylic acids is 8. The van der Waals surface area contributed by atoms with E-state index in [2.05, 4.69) is 81.1 Å². The number of hydrogen-bond acceptors (Lipinski definition) is 16. The number of fused-ring (bicyclic) bond motifs is 8. The first-order valence-corrected chi connectivity index (χ1v) is 28.3. The standard InChI is InChI=1S/2C17H14N4O2.2C16H12N4O2/c1-9(22)17(2)11-7-13-14(8-12(11)21-16(17)23)20-15(19-13)10-3-5-18-6-4-10;1-9(22)17(2)11-6-13-14(7-12(11)21-16(17)23)20-15(19-13)10-4-3-5-18-8-10;1-8(21)14-10-6-12-13(7-11(10)20-16(14)22)19-15(18-12)9-2-4-17-5-3-9;1-8(21)14-10-5-12-13(6-11(10)20-16(14)22)19-15(18-12)9-3-2-4-17-7-9/h2*3-8H,1-2H3,(H,19,20)(H,21,23);2*2-7,14H,1H3,(H,18,19)(H,20,22). The van der Waals surface area contributed by atoms with Gasteiger partial charge in [-0.15, -0.1) is 0 Å². The van der Waals surface area contributed by atoms with E-state index in [1.807, 2.05) is 78.9 Å². The number of aromatic amines is 4. The molecule has 0 radical (unpaired) electrons. The van der Waals surface area contributed by atoms with Crippen LogP contribution in [0.25, 0.3) is 89.7 Å². The van der Waals surface area contributed by atoms with Gasteiger partial charge < -0.3 is 41.2 Å². The second kappa shape index (κ2) is 22.0. The molecule has 12 heterocycles. The molecule has 0 fully saturated rings. The van der Waals surface area contributed by atoms with Crippen molar-refractivity contribution in [1.29, 1.82) is 0 Å². The van der Waals surface area contributed by atoms with E-state index in [9.17, 15) is 38.4 Å². The van der Waals surface area contributed by atoms with Crippen molar-refractivity contribution in [3.63, 3.8) is 0 Å². The Morgan fingerprint density at radius 1 is 0.389 bits per heavy atom. The van der Waals surface area contributed by atoms with E-state index in [-0.39, 0.29) is 46.8 Å². The lowest BCUT2D eigenvalue weighted by Gasteiger charge is -2.17. The molecule has 0 aliphatic carbocycles. The molecule has 444 valence electrons. The Kier molecular flexibility index (Phi) is 13.9. The second-order valence-corrected chi connectivity index (χ2v) is 22.4. The molecule has 0 saturated carbocycles. The van der Waals surface area contributed by atoms with Crippen molar-refractivity contribution in [3.05, 3.63) is 169 Å². The SMILES string of the molecule is CC(=O)C1(C)C(=O)Nc2cc3[nH]c(-c4cccnc4)nc3cc21.CC(=O)C1(C)C(=O)Nc2cc3[nH]c(-c4ccncc4)nc3cc21.CC(=O)C1C(=O)Nc2cc3[nH]c(-c4cccnc4)nc3cc21.CC(=O)C1C(=O)Nc2cc3[nH]c(-c4ccncc4)nc3cc21. The van der Waals surface area contributed by atoms with Crippen molar-refractivity contribution < 1.29 is 38.4 Å². The number of aromatic nitrogens is 12. The molecule has 4 unspecified atom stereocenters. The summed E-state index contributed by atoms with van der Waals surface area (Å²) in [6.45, 7) is 9.03. The van der Waals surface area contributed by atoms with Crippen LogP contribution in [0.1, 0.15) is 75.6 Å². The van der Waals surface area contributed by atoms with Crippen LogP contribution in [0.3, 0.4) is 0 Å². The smallest absolute Gasteiger partial charge is 0.242 e. The largest absolute Gasteiger partial charge is 0.338 e. The van der Waals surface area contributed by atoms with Gasteiger partial charge in [0, 0.05) is 106 Å². The molecule has 12 aromatic rings. The van der Waals surface area contributed by atoms with Gasteiger partial charge in [0.2, 0.25) is 23.6 Å². The molecule has 24 nitrogen and oxygen atoms in total. The molecule has 4 aromatic carbocycles. The Morgan fingerprint density at radius 2 is 0.722 bits per heavy atom. The molecule has 8 N–H and O–H groups in total. The number of imidazole rings is 4. The number of carbonyl (C=O) groups is 8. The molecular formula is C66H52N16O8. The van der Waals surface area contributed by atoms with Crippen LogP contribution in [0, 0.1) is 0 Å². The minimum Gasteiger partial charge on any atom is -0.338 e. The third kappa shape index (κ3) is 9.86. The first-order chi connectivity index (χ1) is 43.3. The lowest BCUT2D eigenvalue weighted by molar-refractivity contribution is -0.132. The minimum atomic E-state index is -1.16. The van der Waals surface area contributed by atoms with E-state index in [1.54, 1.807) is 81.6 Å². The number of nitrogens with one attached hydrogen (secondary N) is 8. The highest BCUT2D eigenvalue weighted by molar-refractivity contribution is 6.23. The van der Waals surface area contributed by atoms with Crippen molar-refractivity contribution in [3.8, 4) is 45.6 Å². The van der Waals surface area contributed by atoms with Crippen molar-refractivity contribution in [2.24, 2.45) is 0 Å². The van der Waals surface area contributed by atoms with Gasteiger partial charge >= 0.3 is 0 Å². The number of rotatable bonds is 8. The van der Waals surface area contributed by atoms with Crippen LogP contribution in [0.4, 0.5) is 22.7 Å². The number of benzene rings is 4. The van der Waals surface area contributed by atoms with Crippen molar-refractivity contribution >= 4 is 114 Å². The van der Waals surface area contributed by atoms with Gasteiger partial charge in [-0.1, -0.05) is 0 Å². The van der Waals surface area contributed by atoms with E-state index in [0.29, 0.717) is 62.2 Å². The predicted molar refractivity (Wildman–Crippen MR) is 335 cm³/mol. The van der Waals surface area contributed by atoms with Crippen LogP contribution in [-0.2, 0) is 49.2 Å². The molecule has 0 bridgehead atoms. The molecular weight excluding hydrogens is 1140 g/mol. The third-order valence-electron chi connectivity index (χ3n) is 16.7. The summed E-state index contributed by atoms with van der Waals surface area (Å²) in [4.78, 5) is 143. The van der Waals surface area contributed by atoms with Crippen molar-refractivity contribution in [2.75, 3.05) is 21.3 Å². The third-order valence-corrected chi connectivity index (χ3v) is 16.7. The number of Topliss-reactive ketones (excluding diaryl/α,β-unsaturated/α-hetero) is 4. The zero-order valence-corrected chi connectivity index (χ0v) is 48.9. The van der Waals surface area contributed by atoms with Crippen LogP contribution in [0.5, 0.6) is 0 Å². The number of nitrogens with zero attached hydrogens (tertiary/aromatic N) is 8. The Hall–Kier alpha value is -12.1. The predicted octanol–water partition coefficient (Wildman–Crippen LogP) is 9.35. The zero-order valence-electron chi connectivity index (χ0n) is 48.9. The fourth-order valence-corrected chi connectivity index (χ4v) is 11.5. The molecule has 4 aliphatic heterocycles. The van der Waals surface area contributed by atoms with Gasteiger partial charge in [-0.25, -0.2) is 19.9 Å². The van der Waals surface area contributed by atoms with E-state index in [4.69, 9.17) is 0 Å². The maximum atomic E-state index is 12.2. The van der Waals surface area contributed by atoms with E-state index < -0.39 is 22.7 Å². The Bertz CT molecular complexity index is 4690. The maximum Gasteiger partial charge on any atom is 0.242 e. The van der Waals surface area contributed by atoms with Gasteiger partial charge in [0.25, 0.3) is 0 Å². The number of ketones is 4. The van der Waals surface area contributed by atoms with Crippen LogP contribution < -0.4 is 21.3 Å². The van der Waals surface area contributed by atoms with Gasteiger partial charge in [0.05, 0.1) is 44.1 Å². The van der Waals surface area contributed by atoms with Gasteiger partial charge in [0.1, 0.15) is 69.1 Å². The van der Waals surface area contributed by atoms with Gasteiger partial charge in [-0.3, -0.25) is 58.3 Å². The summed E-state index contributed by atoms with van der Waals surface area (Å²) in [6, 6.07) is 29.5. The van der Waals surface area contributed by atoms with Gasteiger partial charge in [-0.05, 0) is 150 Å². The van der Waals surface area contributed by atoms with Gasteiger partial charge in [-0.2, -0.15) is 0 Å². The summed E-state index contributed by atoms with van der Waals surface area (Å²) >= 11 is 0. The molecule has 24 heteroatoms. The molecule has 0 saturated heterocycles. The topological polar surface area (TPSA) is 351 Å². The normalized spacial score (nSPS) is 18.2. The van der Waals surface area contributed by atoms with Crippen LogP contribution >= 0.6 is 0 Å². The fraction of sp³-hybridized carbons (Fsp3) is 0.152. The second-order valence-electron chi connectivity index (χ2n) is 22.4. The van der Waals surface area contributed by atoms with Gasteiger partial charge in [0.15, 0.2) is 0 Å². The average Bonchev–Trinajstić information content (AvgIpc) is 1.67. The summed E-state index contributed by atoms with van der Waals surface area (Å²) in [5.41, 5.74) is 12.8. The molecule has 4 atom stereocenters. The molecule has 0 spiro atoms. The quantitative estimate of drug-likeness (QED) is 0.0657. The fourth-order valence-electron chi connectivity index (χ4n) is 11.5. The lowest BCUT2D eigenvalue weighted by atomic mass is 9.80. The Balaban J connectivity index is 0.000000110. The van der Waals surface area contributed by atoms with E-state index in [0.717, 1.165) is 72.5 Å². The highest BCUT2D eigenvalue weighted by Crippen LogP contribution is 2.43. The Morgan fingerprint density at radius 3 is 1.04 bits per heavy atom. The monoisotopic (exact) mass is 1200 g/mol. The number of anilines is 4. The number of pyridine rings is 4. The number of H-pyrrole nitrogens is 4.